The Balaban J connectivity index is 1.86. The molecule has 2 rings (SSSR count). The lowest BCUT2D eigenvalue weighted by Gasteiger charge is -2.17. The number of nitrogens with two attached hydrogens (primary N) is 1. The molecule has 2 aromatic carbocycles. The third-order valence-electron chi connectivity index (χ3n) is 4.82. The van der Waals surface area contributed by atoms with Gasteiger partial charge in [0.2, 0.25) is 5.91 Å². The van der Waals surface area contributed by atoms with Gasteiger partial charge in [0.25, 0.3) is 0 Å². The van der Waals surface area contributed by atoms with Crippen molar-refractivity contribution >= 4 is 41.0 Å². The van der Waals surface area contributed by atoms with Crippen LogP contribution in [-0.2, 0) is 14.3 Å². The van der Waals surface area contributed by atoms with Crippen LogP contribution in [0.5, 0.6) is 0 Å². The highest BCUT2D eigenvalue weighted by Gasteiger charge is 2.19. The highest BCUT2D eigenvalue weighted by molar-refractivity contribution is 6.30. The number of ether oxygens (including phenoxy) is 1. The summed E-state index contributed by atoms with van der Waals surface area (Å²) in [4.78, 5) is 47.8. The van der Waals surface area contributed by atoms with E-state index in [1.54, 1.807) is 48.5 Å². The van der Waals surface area contributed by atoms with Gasteiger partial charge in [0.1, 0.15) is 0 Å². The Morgan fingerprint density at radius 2 is 1.67 bits per heavy atom. The van der Waals surface area contributed by atoms with Crippen LogP contribution in [0.2, 0.25) is 5.02 Å². The van der Waals surface area contributed by atoms with Crippen molar-refractivity contribution in [3.8, 4) is 0 Å². The van der Waals surface area contributed by atoms with Crippen molar-refractivity contribution < 1.29 is 23.9 Å². The second-order valence-corrected chi connectivity index (χ2v) is 7.92. The van der Waals surface area contributed by atoms with Gasteiger partial charge in [-0.1, -0.05) is 43.5 Å². The van der Waals surface area contributed by atoms with Crippen molar-refractivity contribution in [3.05, 3.63) is 64.7 Å². The first kappa shape index (κ1) is 25.9. The number of anilines is 1. The largest absolute Gasteiger partial charge is 0.457 e. The molecular formula is C24H28ClN3O5. The van der Waals surface area contributed by atoms with Crippen molar-refractivity contribution in [1.29, 1.82) is 0 Å². The van der Waals surface area contributed by atoms with Crippen molar-refractivity contribution in [3.63, 3.8) is 0 Å². The van der Waals surface area contributed by atoms with E-state index in [1.165, 1.54) is 0 Å². The van der Waals surface area contributed by atoms with Gasteiger partial charge in [-0.25, -0.2) is 4.79 Å². The van der Waals surface area contributed by atoms with Crippen LogP contribution in [0, 0.1) is 0 Å². The number of primary amides is 1. The van der Waals surface area contributed by atoms with Crippen LogP contribution >= 0.6 is 11.6 Å². The Bertz CT molecular complexity index is 961. The van der Waals surface area contributed by atoms with Gasteiger partial charge in [-0.2, -0.15) is 0 Å². The lowest BCUT2D eigenvalue weighted by molar-refractivity contribution is -0.143. The molecule has 1 atom stereocenters. The molecule has 0 fully saturated rings. The predicted molar refractivity (Wildman–Crippen MR) is 126 cm³/mol. The van der Waals surface area contributed by atoms with Crippen molar-refractivity contribution in [2.24, 2.45) is 5.73 Å². The molecular weight excluding hydrogens is 446 g/mol. The van der Waals surface area contributed by atoms with Crippen LogP contribution in [0.25, 0.3) is 0 Å². The maximum absolute atomic E-state index is 12.4. The first-order chi connectivity index (χ1) is 15.8. The molecule has 9 heteroatoms. The van der Waals surface area contributed by atoms with E-state index in [0.29, 0.717) is 28.3 Å². The molecule has 0 radical (unpaired) electrons. The van der Waals surface area contributed by atoms with Crippen LogP contribution in [0.3, 0.4) is 0 Å². The number of carbonyl (C=O) groups excluding carboxylic acids is 4. The number of hydrogen-bond donors (Lipinski definition) is 3. The predicted octanol–water partition coefficient (Wildman–Crippen LogP) is 4.38. The van der Waals surface area contributed by atoms with E-state index in [0.717, 1.165) is 19.3 Å². The molecule has 0 aliphatic rings. The number of Topliss-reactive ketones (excluding diaryl/α,β-unsaturated/α-hetero) is 1. The molecule has 0 aliphatic heterocycles. The molecule has 33 heavy (non-hydrogen) atoms. The second-order valence-electron chi connectivity index (χ2n) is 7.48. The summed E-state index contributed by atoms with van der Waals surface area (Å²) in [6, 6.07) is 11.4. The molecule has 0 spiro atoms. The zero-order chi connectivity index (χ0) is 24.2. The van der Waals surface area contributed by atoms with Crippen molar-refractivity contribution in [2.75, 3.05) is 11.9 Å². The minimum Gasteiger partial charge on any atom is -0.457 e. The fraction of sp³-hybridized carbons (Fsp3) is 0.333. The average Bonchev–Trinajstić information content (AvgIpc) is 2.78. The first-order valence-electron chi connectivity index (χ1n) is 10.7. The lowest BCUT2D eigenvalue weighted by Crippen LogP contribution is -2.34. The van der Waals surface area contributed by atoms with Gasteiger partial charge in [0.15, 0.2) is 12.4 Å². The normalized spacial score (nSPS) is 11.3. The Morgan fingerprint density at radius 3 is 2.27 bits per heavy atom. The van der Waals surface area contributed by atoms with Crippen LogP contribution in [-0.4, -0.2) is 30.3 Å². The third-order valence-corrected chi connectivity index (χ3v) is 5.07. The number of amides is 3. The molecule has 3 amide bonds. The number of carbonyl (C=O) groups is 4. The Hall–Kier alpha value is -3.39. The summed E-state index contributed by atoms with van der Waals surface area (Å²) in [7, 11) is 0. The minimum atomic E-state index is -0.795. The van der Waals surface area contributed by atoms with E-state index in [2.05, 4.69) is 17.6 Å². The SMILES string of the molecule is CCCCCC(=O)Nc1ccc(C(=O)COC(=O)CC(NC(N)=O)c2ccc(Cl)cc2)cc1. The van der Waals surface area contributed by atoms with Gasteiger partial charge in [0, 0.05) is 22.7 Å². The maximum Gasteiger partial charge on any atom is 0.312 e. The van der Waals surface area contributed by atoms with Gasteiger partial charge in [-0.15, -0.1) is 0 Å². The quantitative estimate of drug-likeness (QED) is 0.239. The van der Waals surface area contributed by atoms with Crippen molar-refractivity contribution in [1.82, 2.24) is 5.32 Å². The highest BCUT2D eigenvalue weighted by atomic mass is 35.5. The Labute approximate surface area is 197 Å². The number of benzene rings is 2. The van der Waals surface area contributed by atoms with Gasteiger partial charge >= 0.3 is 12.0 Å². The van der Waals surface area contributed by atoms with Crippen LogP contribution in [0.1, 0.15) is 61.0 Å². The molecule has 0 heterocycles. The van der Waals surface area contributed by atoms with E-state index in [-0.39, 0.29) is 12.3 Å². The number of rotatable bonds is 12. The Kier molecular flexibility index (Phi) is 10.4. The average molecular weight is 474 g/mol. The summed E-state index contributed by atoms with van der Waals surface area (Å²) in [5, 5.41) is 5.77. The number of esters is 1. The molecule has 2 aromatic rings. The molecule has 0 saturated heterocycles. The number of nitrogens with one attached hydrogen (secondary N) is 2. The van der Waals surface area contributed by atoms with Crippen LogP contribution < -0.4 is 16.4 Å². The van der Waals surface area contributed by atoms with Gasteiger partial charge < -0.3 is 21.1 Å². The molecule has 4 N–H and O–H groups in total. The summed E-state index contributed by atoms with van der Waals surface area (Å²) >= 11 is 5.87. The monoisotopic (exact) mass is 473 g/mol. The summed E-state index contributed by atoms with van der Waals surface area (Å²) in [6.45, 7) is 1.62. The van der Waals surface area contributed by atoms with Gasteiger partial charge in [0.05, 0.1) is 12.5 Å². The molecule has 0 aromatic heterocycles. The zero-order valence-electron chi connectivity index (χ0n) is 18.4. The molecule has 8 nitrogen and oxygen atoms in total. The van der Waals surface area contributed by atoms with E-state index < -0.39 is 30.4 Å². The fourth-order valence-corrected chi connectivity index (χ4v) is 3.20. The van der Waals surface area contributed by atoms with Crippen LogP contribution in [0.4, 0.5) is 10.5 Å². The first-order valence-corrected chi connectivity index (χ1v) is 11.1. The standard InChI is InChI=1S/C24H28ClN3O5/c1-2-3-4-5-22(30)27-19-12-8-17(9-13-19)21(29)15-33-23(31)14-20(28-24(26)32)16-6-10-18(25)11-7-16/h6-13,20H,2-5,14-15H2,1H3,(H,27,30)(H3,26,28,32). The van der Waals surface area contributed by atoms with Gasteiger partial charge in [-0.3, -0.25) is 14.4 Å². The summed E-state index contributed by atoms with van der Waals surface area (Å²) in [5.41, 5.74) is 6.75. The molecule has 0 saturated carbocycles. The van der Waals surface area contributed by atoms with E-state index in [1.807, 2.05) is 0 Å². The second kappa shape index (κ2) is 13.2. The van der Waals surface area contributed by atoms with Crippen molar-refractivity contribution in [2.45, 2.75) is 45.1 Å². The Morgan fingerprint density at radius 1 is 1.00 bits per heavy atom. The highest BCUT2D eigenvalue weighted by Crippen LogP contribution is 2.20. The fourth-order valence-electron chi connectivity index (χ4n) is 3.07. The van der Waals surface area contributed by atoms with Gasteiger partial charge in [-0.05, 0) is 48.4 Å². The van der Waals surface area contributed by atoms with E-state index in [9.17, 15) is 19.2 Å². The lowest BCUT2D eigenvalue weighted by atomic mass is 10.0. The maximum atomic E-state index is 12.4. The van der Waals surface area contributed by atoms with Crippen LogP contribution in [0.15, 0.2) is 48.5 Å². The number of hydrogen-bond acceptors (Lipinski definition) is 5. The number of halogens is 1. The summed E-state index contributed by atoms with van der Waals surface area (Å²) < 4.78 is 5.09. The van der Waals surface area contributed by atoms with E-state index >= 15 is 0 Å². The number of urea groups is 1. The number of ketones is 1. The van der Waals surface area contributed by atoms with E-state index in [4.69, 9.17) is 22.1 Å². The minimum absolute atomic E-state index is 0.0729. The summed E-state index contributed by atoms with van der Waals surface area (Å²) in [6.07, 6.45) is 3.11. The topological polar surface area (TPSA) is 128 Å². The molecule has 0 bridgehead atoms. The smallest absolute Gasteiger partial charge is 0.312 e. The molecule has 176 valence electrons. The number of unbranched alkanes of at least 4 members (excludes halogenated alkanes) is 2. The molecule has 1 unspecified atom stereocenters. The third kappa shape index (κ3) is 9.33. The zero-order valence-corrected chi connectivity index (χ0v) is 19.2. The molecule has 0 aliphatic carbocycles. The summed E-state index contributed by atoms with van der Waals surface area (Å²) in [5.74, 6) is -1.14.